The number of rotatable bonds is 14. The molecule has 13 heteroatoms. The molecule has 0 amide bonds. The summed E-state index contributed by atoms with van der Waals surface area (Å²) in [6.07, 6.45) is -0.814. The lowest BCUT2D eigenvalue weighted by molar-refractivity contribution is -0.153. The van der Waals surface area contributed by atoms with Gasteiger partial charge in [0.15, 0.2) is 0 Å². The molecule has 0 aromatic heterocycles. The van der Waals surface area contributed by atoms with Crippen molar-refractivity contribution in [3.63, 3.8) is 0 Å². The molecule has 0 aliphatic carbocycles. The summed E-state index contributed by atoms with van der Waals surface area (Å²) in [7, 11) is 0. The largest absolute Gasteiger partial charge is 0.463 e. The molecule has 0 heterocycles. The number of carbonyl (C=O) groups excluding carboxylic acids is 6. The fourth-order valence-electron chi connectivity index (χ4n) is 3.09. The van der Waals surface area contributed by atoms with Crippen LogP contribution in [0.2, 0.25) is 0 Å². The molecule has 0 aliphatic rings. The maximum Gasteiger partial charge on any atom is 0.371 e. The second kappa shape index (κ2) is 17.2. The summed E-state index contributed by atoms with van der Waals surface area (Å²) >= 11 is 1.17. The van der Waals surface area contributed by atoms with Crippen LogP contribution in [-0.4, -0.2) is 64.5 Å². The van der Waals surface area contributed by atoms with Crippen LogP contribution in [0.15, 0.2) is 60.7 Å². The van der Waals surface area contributed by atoms with E-state index < -0.39 is 64.6 Å². The third kappa shape index (κ3) is 12.4. The molecule has 1 atom stereocenters. The number of hydrogen-bond acceptors (Lipinski definition) is 13. The van der Waals surface area contributed by atoms with Crippen LogP contribution < -0.4 is 0 Å². The van der Waals surface area contributed by atoms with Crippen LogP contribution in [0.5, 0.6) is 0 Å². The van der Waals surface area contributed by atoms with Gasteiger partial charge in [-0.3, -0.25) is 9.59 Å². The predicted octanol–water partition coefficient (Wildman–Crippen LogP) is 5.66. The summed E-state index contributed by atoms with van der Waals surface area (Å²) < 4.78 is 23.5. The Morgan fingerprint density at radius 1 is 0.714 bits per heavy atom. The summed E-state index contributed by atoms with van der Waals surface area (Å²) in [6, 6.07) is 16.3. The summed E-state index contributed by atoms with van der Waals surface area (Å²) in [6.45, 7) is 4.95. The number of hydrogen-bond donors (Lipinski definition) is 0. The van der Waals surface area contributed by atoms with Gasteiger partial charge in [-0.05, 0) is 75.5 Å². The SMILES string of the molecule is CC(C)OC(=O)[C@H](CSC(=O)OCOC(=O)c1ccccc1)CC(=O)C(C)(C)SC(=O)OCOC(=O)c1ccccc1. The Bertz CT molecular complexity index is 1230. The second-order valence-corrected chi connectivity index (χ2v) is 11.9. The van der Waals surface area contributed by atoms with Crippen LogP contribution in [0.25, 0.3) is 0 Å². The summed E-state index contributed by atoms with van der Waals surface area (Å²) in [5.41, 5.74) is 0.569. The number of carbonyl (C=O) groups is 6. The Balaban J connectivity index is 1.85. The Morgan fingerprint density at radius 2 is 1.19 bits per heavy atom. The van der Waals surface area contributed by atoms with Gasteiger partial charge < -0.3 is 23.7 Å². The molecule has 0 saturated carbocycles. The van der Waals surface area contributed by atoms with E-state index in [0.29, 0.717) is 23.5 Å². The molecule has 0 fully saturated rings. The maximum absolute atomic E-state index is 13.1. The van der Waals surface area contributed by atoms with Crippen molar-refractivity contribution in [3.05, 3.63) is 71.8 Å². The standard InChI is InChI=1S/C29H32O11S2/c1-19(2)40-26(33)22(16-41-27(34)38-17-36-24(31)20-11-7-5-8-12-20)15-23(30)29(3,4)42-28(35)39-18-37-25(32)21-13-9-6-10-14-21/h5-14,19,22H,15-18H2,1-4H3/t22-/m0/s1. The zero-order valence-electron chi connectivity index (χ0n) is 23.6. The second-order valence-electron chi connectivity index (χ2n) is 9.35. The third-order valence-corrected chi connectivity index (χ3v) is 7.23. The van der Waals surface area contributed by atoms with Crippen LogP contribution in [0.1, 0.15) is 54.8 Å². The highest BCUT2D eigenvalue weighted by molar-refractivity contribution is 8.15. The van der Waals surface area contributed by atoms with Gasteiger partial charge in [0.25, 0.3) is 0 Å². The van der Waals surface area contributed by atoms with Crippen LogP contribution in [0.3, 0.4) is 0 Å². The Morgan fingerprint density at radius 3 is 1.67 bits per heavy atom. The molecular weight excluding hydrogens is 588 g/mol. The van der Waals surface area contributed by atoms with Crippen LogP contribution in [0, 0.1) is 5.92 Å². The Labute approximate surface area is 251 Å². The van der Waals surface area contributed by atoms with Crippen molar-refractivity contribution in [2.24, 2.45) is 5.92 Å². The van der Waals surface area contributed by atoms with Gasteiger partial charge in [0.2, 0.25) is 13.6 Å². The predicted molar refractivity (Wildman–Crippen MR) is 155 cm³/mol. The van der Waals surface area contributed by atoms with Crippen molar-refractivity contribution < 1.29 is 52.5 Å². The number of thioether (sulfide) groups is 2. The molecule has 0 unspecified atom stereocenters. The van der Waals surface area contributed by atoms with Crippen molar-refractivity contribution in [2.45, 2.75) is 45.0 Å². The Kier molecular flexibility index (Phi) is 14.1. The molecule has 226 valence electrons. The summed E-state index contributed by atoms with van der Waals surface area (Å²) in [4.78, 5) is 74.2. The molecular formula is C29H32O11S2. The zero-order chi connectivity index (χ0) is 31.1. The summed E-state index contributed by atoms with van der Waals surface area (Å²) in [5.74, 6) is -3.74. The fraction of sp³-hybridized carbons (Fsp3) is 0.379. The first-order chi connectivity index (χ1) is 19.9. The van der Waals surface area contributed by atoms with E-state index in [4.69, 9.17) is 23.7 Å². The van der Waals surface area contributed by atoms with Gasteiger partial charge >= 0.3 is 28.5 Å². The van der Waals surface area contributed by atoms with Gasteiger partial charge in [0.05, 0.1) is 27.9 Å². The molecule has 0 spiro atoms. The molecule has 0 saturated heterocycles. The van der Waals surface area contributed by atoms with E-state index in [2.05, 4.69) is 0 Å². The number of ketones is 1. The minimum absolute atomic E-state index is 0.163. The normalized spacial score (nSPS) is 11.6. The van der Waals surface area contributed by atoms with E-state index >= 15 is 0 Å². The number of esters is 3. The maximum atomic E-state index is 13.1. The van der Waals surface area contributed by atoms with E-state index in [-0.39, 0.29) is 23.3 Å². The highest BCUT2D eigenvalue weighted by atomic mass is 32.2. The number of ether oxygens (including phenoxy) is 5. The molecule has 2 aromatic rings. The van der Waals surface area contributed by atoms with E-state index in [1.165, 1.54) is 13.8 Å². The van der Waals surface area contributed by atoms with Gasteiger partial charge in [0, 0.05) is 12.2 Å². The molecule has 42 heavy (non-hydrogen) atoms. The molecule has 0 aliphatic heterocycles. The van der Waals surface area contributed by atoms with E-state index in [1.807, 2.05) is 0 Å². The molecule has 0 N–H and O–H groups in total. The third-order valence-electron chi connectivity index (χ3n) is 5.28. The lowest BCUT2D eigenvalue weighted by Gasteiger charge is -2.24. The fourth-order valence-corrected chi connectivity index (χ4v) is 4.53. The van der Waals surface area contributed by atoms with Crippen molar-refractivity contribution in [1.29, 1.82) is 0 Å². The van der Waals surface area contributed by atoms with E-state index in [9.17, 15) is 28.8 Å². The topological polar surface area (TPSA) is 149 Å². The highest BCUT2D eigenvalue weighted by Crippen LogP contribution is 2.31. The first-order valence-electron chi connectivity index (χ1n) is 12.7. The minimum atomic E-state index is -1.33. The van der Waals surface area contributed by atoms with Crippen LogP contribution in [-0.2, 0) is 33.3 Å². The van der Waals surface area contributed by atoms with E-state index in [1.54, 1.807) is 74.5 Å². The van der Waals surface area contributed by atoms with E-state index in [0.717, 1.165) is 0 Å². The van der Waals surface area contributed by atoms with Gasteiger partial charge in [-0.15, -0.1) is 0 Å². The monoisotopic (exact) mass is 620 g/mol. The zero-order valence-corrected chi connectivity index (χ0v) is 25.2. The molecule has 2 rings (SSSR count). The lowest BCUT2D eigenvalue weighted by Crippen LogP contribution is -2.35. The number of benzene rings is 2. The Hall–Kier alpha value is -3.84. The molecule has 0 radical (unpaired) electrons. The highest BCUT2D eigenvalue weighted by Gasteiger charge is 2.36. The quantitative estimate of drug-likeness (QED) is 0.145. The molecule has 2 aromatic carbocycles. The van der Waals surface area contributed by atoms with Crippen molar-refractivity contribution in [2.75, 3.05) is 19.3 Å². The van der Waals surface area contributed by atoms with Gasteiger partial charge in [-0.2, -0.15) is 0 Å². The van der Waals surface area contributed by atoms with Crippen molar-refractivity contribution >= 4 is 57.8 Å². The minimum Gasteiger partial charge on any atom is -0.463 e. The molecule has 0 bridgehead atoms. The average molecular weight is 621 g/mol. The van der Waals surface area contributed by atoms with Crippen LogP contribution in [0.4, 0.5) is 9.59 Å². The van der Waals surface area contributed by atoms with Crippen molar-refractivity contribution in [1.82, 2.24) is 0 Å². The van der Waals surface area contributed by atoms with Crippen LogP contribution >= 0.6 is 23.5 Å². The first kappa shape index (κ1) is 34.4. The average Bonchev–Trinajstić information content (AvgIpc) is 2.95. The summed E-state index contributed by atoms with van der Waals surface area (Å²) in [5, 5.41) is -1.69. The first-order valence-corrected chi connectivity index (χ1v) is 14.5. The van der Waals surface area contributed by atoms with Gasteiger partial charge in [0.1, 0.15) is 5.78 Å². The van der Waals surface area contributed by atoms with Gasteiger partial charge in [-0.1, -0.05) is 36.4 Å². The van der Waals surface area contributed by atoms with Crippen molar-refractivity contribution in [3.8, 4) is 0 Å². The lowest BCUT2D eigenvalue weighted by atomic mass is 9.97. The smallest absolute Gasteiger partial charge is 0.371 e. The molecule has 11 nitrogen and oxygen atoms in total. The number of Topliss-reactive ketones (excluding diaryl/α,β-unsaturated/α-hetero) is 1. The van der Waals surface area contributed by atoms with Gasteiger partial charge in [-0.25, -0.2) is 19.2 Å².